The van der Waals surface area contributed by atoms with Crippen molar-refractivity contribution in [3.8, 4) is 0 Å². The molecule has 3 aromatic rings. The van der Waals surface area contributed by atoms with Crippen LogP contribution in [-0.4, -0.2) is 55.6 Å². The maximum Gasteiger partial charge on any atom is 0.243 e. The van der Waals surface area contributed by atoms with Crippen molar-refractivity contribution >= 4 is 22.7 Å². The van der Waals surface area contributed by atoms with E-state index in [0.29, 0.717) is 6.42 Å². The number of aliphatic hydroxyl groups excluding tert-OH is 1. The van der Waals surface area contributed by atoms with Crippen molar-refractivity contribution in [1.82, 2.24) is 30.6 Å². The summed E-state index contributed by atoms with van der Waals surface area (Å²) in [4.78, 5) is 28.2. The van der Waals surface area contributed by atoms with Gasteiger partial charge in [0.1, 0.15) is 6.04 Å². The Morgan fingerprint density at radius 2 is 2.03 bits per heavy atom. The first-order valence-electron chi connectivity index (χ1n) is 9.59. The highest BCUT2D eigenvalue weighted by molar-refractivity contribution is 5.90. The minimum absolute atomic E-state index is 0.0423. The number of H-pyrrole nitrogens is 1. The lowest BCUT2D eigenvalue weighted by atomic mass is 10.0. The van der Waals surface area contributed by atoms with Gasteiger partial charge >= 0.3 is 0 Å². The standard InChI is InChI=1S/C20H26N6O3/c1-13(2)19(28)24-18(9-14-10-21-17-6-4-3-5-16(14)17)20(29)22-11-15(27)12-26-8-7-23-25-26/h3-8,10,13,15,18,21,27H,9,11-12H2,1-2H3,(H,22,29)(H,24,28). The average molecular weight is 398 g/mol. The molecule has 0 aliphatic rings. The second-order valence-corrected chi connectivity index (χ2v) is 7.30. The molecule has 0 radical (unpaired) electrons. The number of nitrogens with one attached hydrogen (secondary N) is 3. The van der Waals surface area contributed by atoms with E-state index in [9.17, 15) is 14.7 Å². The first-order chi connectivity index (χ1) is 13.9. The zero-order valence-corrected chi connectivity index (χ0v) is 16.5. The van der Waals surface area contributed by atoms with E-state index in [4.69, 9.17) is 0 Å². The van der Waals surface area contributed by atoms with Crippen LogP contribution in [0.1, 0.15) is 19.4 Å². The fourth-order valence-corrected chi connectivity index (χ4v) is 3.02. The van der Waals surface area contributed by atoms with Gasteiger partial charge in [0.2, 0.25) is 11.8 Å². The van der Waals surface area contributed by atoms with Gasteiger partial charge in [-0.1, -0.05) is 37.3 Å². The summed E-state index contributed by atoms with van der Waals surface area (Å²) in [5, 5.41) is 24.1. The van der Waals surface area contributed by atoms with Crippen LogP contribution in [-0.2, 0) is 22.6 Å². The van der Waals surface area contributed by atoms with Crippen LogP contribution in [0.4, 0.5) is 0 Å². The second kappa shape index (κ2) is 9.33. The van der Waals surface area contributed by atoms with E-state index in [1.54, 1.807) is 20.0 Å². The van der Waals surface area contributed by atoms with E-state index in [1.165, 1.54) is 10.9 Å². The molecular weight excluding hydrogens is 372 g/mol. The molecule has 3 rings (SSSR count). The molecule has 0 spiro atoms. The number of aliphatic hydroxyl groups is 1. The second-order valence-electron chi connectivity index (χ2n) is 7.30. The molecule has 1 aromatic carbocycles. The van der Waals surface area contributed by atoms with Crippen molar-refractivity contribution in [1.29, 1.82) is 0 Å². The summed E-state index contributed by atoms with van der Waals surface area (Å²) in [6.45, 7) is 3.81. The van der Waals surface area contributed by atoms with Crippen molar-refractivity contribution in [3.05, 3.63) is 48.4 Å². The monoisotopic (exact) mass is 398 g/mol. The van der Waals surface area contributed by atoms with Crippen molar-refractivity contribution in [3.63, 3.8) is 0 Å². The molecule has 2 heterocycles. The van der Waals surface area contributed by atoms with Crippen LogP contribution in [0.3, 0.4) is 0 Å². The van der Waals surface area contributed by atoms with E-state index in [1.807, 2.05) is 30.5 Å². The van der Waals surface area contributed by atoms with Crippen LogP contribution in [0, 0.1) is 5.92 Å². The summed E-state index contributed by atoms with van der Waals surface area (Å²) in [5.74, 6) is -0.791. The zero-order valence-electron chi connectivity index (χ0n) is 16.5. The molecule has 0 fully saturated rings. The van der Waals surface area contributed by atoms with E-state index in [-0.39, 0.29) is 30.8 Å². The number of nitrogens with zero attached hydrogens (tertiary/aromatic N) is 3. The Kier molecular flexibility index (Phi) is 6.61. The number of benzene rings is 1. The normalized spacial score (nSPS) is 13.4. The molecule has 2 amide bonds. The summed E-state index contributed by atoms with van der Waals surface area (Å²) in [6.07, 6.45) is 4.52. The first kappa shape index (κ1) is 20.5. The van der Waals surface area contributed by atoms with Gasteiger partial charge in [0.15, 0.2) is 0 Å². The van der Waals surface area contributed by atoms with Crippen LogP contribution < -0.4 is 10.6 Å². The van der Waals surface area contributed by atoms with Gasteiger partial charge in [-0.2, -0.15) is 0 Å². The molecule has 4 N–H and O–H groups in total. The number of hydrogen-bond acceptors (Lipinski definition) is 5. The number of hydrogen-bond donors (Lipinski definition) is 4. The molecule has 2 aromatic heterocycles. The van der Waals surface area contributed by atoms with Gasteiger partial charge in [-0.05, 0) is 11.6 Å². The Labute approximate surface area is 168 Å². The van der Waals surface area contributed by atoms with Gasteiger partial charge in [0, 0.05) is 42.2 Å². The zero-order chi connectivity index (χ0) is 20.8. The maximum absolute atomic E-state index is 12.8. The van der Waals surface area contributed by atoms with Crippen LogP contribution >= 0.6 is 0 Å². The predicted octanol–water partition coefficient (Wildman–Crippen LogP) is 0.620. The van der Waals surface area contributed by atoms with Gasteiger partial charge in [-0.25, -0.2) is 4.68 Å². The lowest BCUT2D eigenvalue weighted by molar-refractivity contribution is -0.130. The summed E-state index contributed by atoms with van der Waals surface area (Å²) < 4.78 is 1.49. The lowest BCUT2D eigenvalue weighted by Crippen LogP contribution is -2.50. The van der Waals surface area contributed by atoms with E-state index in [2.05, 4.69) is 25.9 Å². The molecule has 2 atom stereocenters. The third-order valence-corrected chi connectivity index (χ3v) is 4.64. The molecule has 2 unspecified atom stereocenters. The highest BCUT2D eigenvalue weighted by atomic mass is 16.3. The number of fused-ring (bicyclic) bond motifs is 1. The van der Waals surface area contributed by atoms with Gasteiger partial charge < -0.3 is 20.7 Å². The number of amides is 2. The molecular formula is C20H26N6O3. The van der Waals surface area contributed by atoms with Crippen molar-refractivity contribution < 1.29 is 14.7 Å². The van der Waals surface area contributed by atoms with E-state index < -0.39 is 12.1 Å². The SMILES string of the molecule is CC(C)C(=O)NC(Cc1c[nH]c2ccccc12)C(=O)NCC(O)Cn1ccnn1. The highest BCUT2D eigenvalue weighted by Crippen LogP contribution is 2.19. The van der Waals surface area contributed by atoms with Crippen molar-refractivity contribution in [2.24, 2.45) is 5.92 Å². The lowest BCUT2D eigenvalue weighted by Gasteiger charge is -2.20. The van der Waals surface area contributed by atoms with Crippen molar-refractivity contribution in [2.45, 2.75) is 39.0 Å². The fourth-order valence-electron chi connectivity index (χ4n) is 3.02. The molecule has 0 aliphatic heterocycles. The molecule has 0 saturated carbocycles. The highest BCUT2D eigenvalue weighted by Gasteiger charge is 2.24. The molecule has 9 nitrogen and oxygen atoms in total. The summed E-state index contributed by atoms with van der Waals surface area (Å²) in [7, 11) is 0. The van der Waals surface area contributed by atoms with E-state index >= 15 is 0 Å². The molecule has 0 saturated heterocycles. The fraction of sp³-hybridized carbons (Fsp3) is 0.400. The Bertz CT molecular complexity index is 950. The number of carbonyl (C=O) groups is 2. The van der Waals surface area contributed by atoms with Crippen LogP contribution in [0.5, 0.6) is 0 Å². The number of aromatic nitrogens is 4. The molecule has 29 heavy (non-hydrogen) atoms. The summed E-state index contributed by atoms with van der Waals surface area (Å²) in [6, 6.07) is 7.05. The van der Waals surface area contributed by atoms with Gasteiger partial charge in [-0.3, -0.25) is 9.59 Å². The molecule has 154 valence electrons. The first-order valence-corrected chi connectivity index (χ1v) is 9.59. The quantitative estimate of drug-likeness (QED) is 0.421. The minimum atomic E-state index is -0.824. The van der Waals surface area contributed by atoms with Gasteiger partial charge in [0.25, 0.3) is 0 Å². The summed E-state index contributed by atoms with van der Waals surface area (Å²) >= 11 is 0. The van der Waals surface area contributed by atoms with Gasteiger partial charge in [-0.15, -0.1) is 5.10 Å². The smallest absolute Gasteiger partial charge is 0.243 e. The number of para-hydroxylation sites is 1. The average Bonchev–Trinajstić information content (AvgIpc) is 3.35. The van der Waals surface area contributed by atoms with Crippen molar-refractivity contribution in [2.75, 3.05) is 6.54 Å². The largest absolute Gasteiger partial charge is 0.389 e. The molecule has 0 bridgehead atoms. The van der Waals surface area contributed by atoms with E-state index in [0.717, 1.165) is 16.5 Å². The minimum Gasteiger partial charge on any atom is -0.389 e. The molecule has 0 aliphatic carbocycles. The van der Waals surface area contributed by atoms with Gasteiger partial charge in [0.05, 0.1) is 18.8 Å². The Morgan fingerprint density at radius 3 is 2.76 bits per heavy atom. The predicted molar refractivity (Wildman–Crippen MR) is 108 cm³/mol. The number of rotatable bonds is 9. The number of aromatic amines is 1. The maximum atomic E-state index is 12.8. The Hall–Kier alpha value is -3.20. The Balaban J connectivity index is 1.67. The van der Waals surface area contributed by atoms with Crippen LogP contribution in [0.2, 0.25) is 0 Å². The third kappa shape index (κ3) is 5.41. The Morgan fingerprint density at radius 1 is 1.24 bits per heavy atom. The number of carbonyl (C=O) groups excluding carboxylic acids is 2. The van der Waals surface area contributed by atoms with Crippen LogP contribution in [0.15, 0.2) is 42.9 Å². The summed E-state index contributed by atoms with van der Waals surface area (Å²) in [5.41, 5.74) is 1.91. The third-order valence-electron chi connectivity index (χ3n) is 4.64. The molecule has 9 heteroatoms. The van der Waals surface area contributed by atoms with Crippen LogP contribution in [0.25, 0.3) is 10.9 Å². The topological polar surface area (TPSA) is 125 Å².